The highest BCUT2D eigenvalue weighted by Gasteiger charge is 2.06. The molecule has 5 nitrogen and oxygen atoms in total. The predicted molar refractivity (Wildman–Crippen MR) is 94.3 cm³/mol. The molecule has 2 heterocycles. The van der Waals surface area contributed by atoms with E-state index in [4.69, 9.17) is 27.6 Å². The normalized spacial score (nSPS) is 10.4. The van der Waals surface area contributed by atoms with E-state index >= 15 is 0 Å². The number of benzene rings is 1. The summed E-state index contributed by atoms with van der Waals surface area (Å²) < 4.78 is 5.31. The number of hydrogen-bond acceptors (Lipinski definition) is 3. The van der Waals surface area contributed by atoms with Crippen LogP contribution in [0.5, 0.6) is 0 Å². The Morgan fingerprint density at radius 3 is 2.75 bits per heavy atom. The summed E-state index contributed by atoms with van der Waals surface area (Å²) in [7, 11) is 0. The number of pyridine rings is 1. The number of nitrogens with one attached hydrogen (secondary N) is 2. The summed E-state index contributed by atoms with van der Waals surface area (Å²) in [5, 5.41) is 6.28. The highest BCUT2D eigenvalue weighted by Crippen LogP contribution is 2.25. The lowest BCUT2D eigenvalue weighted by Gasteiger charge is -2.09. The van der Waals surface area contributed by atoms with Crippen LogP contribution >= 0.6 is 23.2 Å². The van der Waals surface area contributed by atoms with E-state index < -0.39 is 0 Å². The van der Waals surface area contributed by atoms with Gasteiger partial charge in [-0.15, -0.1) is 0 Å². The Labute approximate surface area is 148 Å². The first-order valence-corrected chi connectivity index (χ1v) is 7.86. The number of rotatable bonds is 4. The fourth-order valence-corrected chi connectivity index (χ4v) is 2.37. The number of carbonyl (C=O) groups is 1. The van der Waals surface area contributed by atoms with Gasteiger partial charge in [-0.05, 0) is 48.0 Å². The van der Waals surface area contributed by atoms with Crippen molar-refractivity contribution in [3.05, 3.63) is 70.5 Å². The van der Waals surface area contributed by atoms with Gasteiger partial charge in [0.1, 0.15) is 5.69 Å². The molecule has 0 aliphatic rings. The van der Waals surface area contributed by atoms with Crippen LogP contribution in [0.2, 0.25) is 10.0 Å². The first-order valence-electron chi connectivity index (χ1n) is 7.10. The molecule has 2 N–H and O–H groups in total. The van der Waals surface area contributed by atoms with Gasteiger partial charge < -0.3 is 15.1 Å². The zero-order chi connectivity index (χ0) is 16.9. The molecule has 122 valence electrons. The van der Waals surface area contributed by atoms with E-state index in [1.54, 1.807) is 36.7 Å². The zero-order valence-electron chi connectivity index (χ0n) is 12.4. The van der Waals surface area contributed by atoms with Gasteiger partial charge in [-0.25, -0.2) is 4.79 Å². The number of nitrogens with zero attached hydrogens (tertiary/aromatic N) is 1. The van der Waals surface area contributed by atoms with E-state index in [1.807, 2.05) is 18.2 Å². The molecule has 2 amide bonds. The second kappa shape index (κ2) is 7.38. The molecule has 0 fully saturated rings. The van der Waals surface area contributed by atoms with Crippen molar-refractivity contribution < 1.29 is 9.21 Å². The Hall–Kier alpha value is -2.50. The molecule has 0 spiro atoms. The molecule has 0 aliphatic heterocycles. The Morgan fingerprint density at radius 2 is 2.00 bits per heavy atom. The lowest BCUT2D eigenvalue weighted by atomic mass is 10.2. The molecule has 0 bridgehead atoms. The van der Waals surface area contributed by atoms with Gasteiger partial charge in [0.05, 0.1) is 16.3 Å². The number of amides is 2. The predicted octanol–water partition coefficient (Wildman–Crippen LogP) is 4.97. The third kappa shape index (κ3) is 4.07. The molecule has 1 aromatic carbocycles. The van der Waals surface area contributed by atoms with Crippen molar-refractivity contribution in [1.82, 2.24) is 10.3 Å². The van der Waals surface area contributed by atoms with Crippen molar-refractivity contribution in [2.75, 3.05) is 5.32 Å². The lowest BCUT2D eigenvalue weighted by Crippen LogP contribution is -2.28. The number of urea groups is 1. The van der Waals surface area contributed by atoms with Gasteiger partial charge in [0.15, 0.2) is 5.76 Å². The maximum atomic E-state index is 12.0. The van der Waals surface area contributed by atoms with E-state index in [9.17, 15) is 4.79 Å². The monoisotopic (exact) mass is 361 g/mol. The molecule has 0 atom stereocenters. The largest absolute Gasteiger partial charge is 0.463 e. The van der Waals surface area contributed by atoms with Crippen LogP contribution in [0.25, 0.3) is 11.5 Å². The molecule has 0 saturated carbocycles. The molecule has 3 rings (SSSR count). The Balaban J connectivity index is 1.60. The highest BCUT2D eigenvalue weighted by molar-refractivity contribution is 6.42. The van der Waals surface area contributed by atoms with Crippen molar-refractivity contribution in [3.8, 4) is 11.5 Å². The van der Waals surface area contributed by atoms with Crippen LogP contribution in [0.4, 0.5) is 10.5 Å². The van der Waals surface area contributed by atoms with Crippen LogP contribution < -0.4 is 10.6 Å². The highest BCUT2D eigenvalue weighted by atomic mass is 35.5. The van der Waals surface area contributed by atoms with Gasteiger partial charge in [0, 0.05) is 18.4 Å². The molecular formula is C17H13Cl2N3O2. The van der Waals surface area contributed by atoms with Crippen molar-refractivity contribution in [3.63, 3.8) is 0 Å². The zero-order valence-corrected chi connectivity index (χ0v) is 13.9. The van der Waals surface area contributed by atoms with E-state index in [-0.39, 0.29) is 6.03 Å². The Morgan fingerprint density at radius 1 is 1.12 bits per heavy atom. The van der Waals surface area contributed by atoms with Crippen LogP contribution in [0.1, 0.15) is 5.56 Å². The SMILES string of the molecule is O=C(NCc1ccnc(-c2ccco2)c1)Nc1ccc(Cl)c(Cl)c1. The van der Waals surface area contributed by atoms with Crippen molar-refractivity contribution >= 4 is 34.9 Å². The summed E-state index contributed by atoms with van der Waals surface area (Å²) in [5.74, 6) is 0.678. The molecule has 24 heavy (non-hydrogen) atoms. The van der Waals surface area contributed by atoms with E-state index in [0.29, 0.717) is 33.7 Å². The molecule has 7 heteroatoms. The van der Waals surface area contributed by atoms with E-state index in [1.165, 1.54) is 0 Å². The molecule has 0 radical (unpaired) electrons. The van der Waals surface area contributed by atoms with Crippen LogP contribution in [0.3, 0.4) is 0 Å². The molecule has 3 aromatic rings. The second-order valence-electron chi connectivity index (χ2n) is 4.96. The van der Waals surface area contributed by atoms with Gasteiger partial charge >= 0.3 is 6.03 Å². The van der Waals surface area contributed by atoms with Crippen LogP contribution in [0, 0.1) is 0 Å². The second-order valence-corrected chi connectivity index (χ2v) is 5.78. The summed E-state index contributed by atoms with van der Waals surface area (Å²) in [4.78, 5) is 16.2. The van der Waals surface area contributed by atoms with Gasteiger partial charge in [-0.3, -0.25) is 4.98 Å². The third-order valence-corrected chi connectivity index (χ3v) is 3.97. The van der Waals surface area contributed by atoms with Gasteiger partial charge in [0.25, 0.3) is 0 Å². The standard InChI is InChI=1S/C17H13Cl2N3O2/c18-13-4-3-12(9-14(13)19)22-17(23)21-10-11-5-6-20-15(8-11)16-2-1-7-24-16/h1-9H,10H2,(H2,21,22,23). The number of furan rings is 1. The maximum Gasteiger partial charge on any atom is 0.319 e. The quantitative estimate of drug-likeness (QED) is 0.689. The van der Waals surface area contributed by atoms with Crippen LogP contribution in [-0.2, 0) is 6.54 Å². The Kier molecular flexibility index (Phi) is 5.03. The summed E-state index contributed by atoms with van der Waals surface area (Å²) in [6, 6.07) is 11.9. The summed E-state index contributed by atoms with van der Waals surface area (Å²) in [6.45, 7) is 0.351. The smallest absolute Gasteiger partial charge is 0.319 e. The minimum absolute atomic E-state index is 0.343. The lowest BCUT2D eigenvalue weighted by molar-refractivity contribution is 0.251. The minimum Gasteiger partial charge on any atom is -0.463 e. The first-order chi connectivity index (χ1) is 11.6. The van der Waals surface area contributed by atoms with Crippen molar-refractivity contribution in [1.29, 1.82) is 0 Å². The fourth-order valence-electron chi connectivity index (χ4n) is 2.07. The third-order valence-electron chi connectivity index (χ3n) is 3.23. The molecule has 0 unspecified atom stereocenters. The van der Waals surface area contributed by atoms with E-state index in [0.717, 1.165) is 5.56 Å². The molecule has 2 aromatic heterocycles. The van der Waals surface area contributed by atoms with E-state index in [2.05, 4.69) is 15.6 Å². The van der Waals surface area contributed by atoms with Gasteiger partial charge in [0.2, 0.25) is 0 Å². The fraction of sp³-hybridized carbons (Fsp3) is 0.0588. The minimum atomic E-state index is -0.343. The van der Waals surface area contributed by atoms with Crippen molar-refractivity contribution in [2.45, 2.75) is 6.54 Å². The Bertz CT molecular complexity index is 851. The summed E-state index contributed by atoms with van der Waals surface area (Å²) >= 11 is 11.8. The van der Waals surface area contributed by atoms with Gasteiger partial charge in [-0.1, -0.05) is 23.2 Å². The van der Waals surface area contributed by atoms with Crippen LogP contribution in [-0.4, -0.2) is 11.0 Å². The maximum absolute atomic E-state index is 12.0. The number of halogens is 2. The first kappa shape index (κ1) is 16.4. The number of hydrogen-bond donors (Lipinski definition) is 2. The molecule has 0 saturated heterocycles. The summed E-state index contributed by atoms with van der Waals surface area (Å²) in [6.07, 6.45) is 3.26. The average Bonchev–Trinajstić information content (AvgIpc) is 3.11. The van der Waals surface area contributed by atoms with Crippen molar-refractivity contribution in [2.24, 2.45) is 0 Å². The number of aromatic nitrogens is 1. The van der Waals surface area contributed by atoms with Crippen LogP contribution in [0.15, 0.2) is 59.3 Å². The average molecular weight is 362 g/mol. The summed E-state index contributed by atoms with van der Waals surface area (Å²) in [5.41, 5.74) is 2.18. The number of carbonyl (C=O) groups excluding carboxylic acids is 1. The number of anilines is 1. The molecule has 0 aliphatic carbocycles. The molecular weight excluding hydrogens is 349 g/mol. The topological polar surface area (TPSA) is 67.2 Å². The van der Waals surface area contributed by atoms with Gasteiger partial charge in [-0.2, -0.15) is 0 Å².